The molecule has 0 N–H and O–H groups in total. The molecule has 0 unspecified atom stereocenters. The first-order valence-electron chi connectivity index (χ1n) is 5.16. The first-order chi connectivity index (χ1) is 8.20. The molecule has 1 aromatic heterocycles. The zero-order valence-electron chi connectivity index (χ0n) is 8.92. The Bertz CT molecular complexity index is 515. The van der Waals surface area contributed by atoms with Crippen molar-refractivity contribution in [3.63, 3.8) is 0 Å². The second-order valence-electron chi connectivity index (χ2n) is 3.56. The van der Waals surface area contributed by atoms with E-state index in [0.717, 1.165) is 33.6 Å². The van der Waals surface area contributed by atoms with Gasteiger partial charge in [0.1, 0.15) is 10.8 Å². The molecule has 0 amide bonds. The topological polar surface area (TPSA) is 12.9 Å². The van der Waals surface area contributed by atoms with Crippen LogP contribution in [0.2, 0.25) is 0 Å². The van der Waals surface area contributed by atoms with E-state index in [0.29, 0.717) is 5.88 Å². The quantitative estimate of drug-likeness (QED) is 0.726. The van der Waals surface area contributed by atoms with E-state index >= 15 is 0 Å². The minimum absolute atomic E-state index is 0.250. The fourth-order valence-electron chi connectivity index (χ4n) is 1.46. The van der Waals surface area contributed by atoms with Gasteiger partial charge in [0.15, 0.2) is 0 Å². The highest BCUT2D eigenvalue weighted by molar-refractivity contribution is 9.10. The molecule has 0 spiro atoms. The summed E-state index contributed by atoms with van der Waals surface area (Å²) in [7, 11) is 0. The number of alkyl halides is 1. The lowest BCUT2D eigenvalue weighted by molar-refractivity contribution is 0.627. The van der Waals surface area contributed by atoms with Gasteiger partial charge in [0, 0.05) is 21.3 Å². The van der Waals surface area contributed by atoms with E-state index in [2.05, 4.69) is 20.9 Å². The summed E-state index contributed by atoms with van der Waals surface area (Å²) >= 11 is 10.6. The van der Waals surface area contributed by atoms with Gasteiger partial charge in [0.25, 0.3) is 0 Å². The maximum Gasteiger partial charge on any atom is 0.124 e. The van der Waals surface area contributed by atoms with Crippen LogP contribution in [-0.2, 0) is 6.42 Å². The number of thiazole rings is 1. The molecule has 1 nitrogen and oxygen atoms in total. The summed E-state index contributed by atoms with van der Waals surface area (Å²) in [5.74, 6) is 0.396. The Labute approximate surface area is 117 Å². The molecule has 90 valence electrons. The summed E-state index contributed by atoms with van der Waals surface area (Å²) in [6, 6.07) is 4.64. The largest absolute Gasteiger partial charge is 0.241 e. The Kier molecular flexibility index (Phi) is 4.54. The predicted octanol–water partition coefficient (Wildman–Crippen LogP) is 4.88. The van der Waals surface area contributed by atoms with Crippen LogP contribution in [0, 0.1) is 5.82 Å². The molecule has 17 heavy (non-hydrogen) atoms. The third-order valence-electron chi connectivity index (χ3n) is 2.28. The van der Waals surface area contributed by atoms with Crippen LogP contribution in [0.5, 0.6) is 0 Å². The maximum atomic E-state index is 13.0. The molecule has 0 aliphatic carbocycles. The Hall–Kier alpha value is -0.450. The average molecular weight is 335 g/mol. The van der Waals surface area contributed by atoms with Gasteiger partial charge < -0.3 is 0 Å². The number of nitrogens with zero attached hydrogens (tertiary/aromatic N) is 1. The highest BCUT2D eigenvalue weighted by atomic mass is 79.9. The van der Waals surface area contributed by atoms with Gasteiger partial charge in [-0.15, -0.1) is 22.9 Å². The number of hydrogen-bond acceptors (Lipinski definition) is 2. The lowest BCUT2D eigenvalue weighted by atomic mass is 10.2. The Morgan fingerprint density at radius 1 is 1.41 bits per heavy atom. The second kappa shape index (κ2) is 5.94. The minimum atomic E-state index is -0.250. The van der Waals surface area contributed by atoms with Crippen molar-refractivity contribution in [2.45, 2.75) is 12.8 Å². The van der Waals surface area contributed by atoms with Gasteiger partial charge in [-0.3, -0.25) is 0 Å². The number of benzene rings is 1. The lowest BCUT2D eigenvalue weighted by Crippen LogP contribution is -1.87. The van der Waals surface area contributed by atoms with Gasteiger partial charge in [0.05, 0.1) is 5.69 Å². The number of rotatable bonds is 4. The van der Waals surface area contributed by atoms with Crippen molar-refractivity contribution in [1.82, 2.24) is 4.98 Å². The number of halogens is 3. The molecule has 1 heterocycles. The molecule has 2 rings (SSSR count). The number of aromatic nitrogens is 1. The van der Waals surface area contributed by atoms with E-state index in [1.54, 1.807) is 17.4 Å². The smallest absolute Gasteiger partial charge is 0.124 e. The van der Waals surface area contributed by atoms with Crippen molar-refractivity contribution >= 4 is 38.9 Å². The SMILES string of the molecule is Fc1ccc(-c2nc(CCCCl)cs2)c(Br)c1. The molecule has 0 radical (unpaired) electrons. The van der Waals surface area contributed by atoms with Crippen molar-refractivity contribution in [1.29, 1.82) is 0 Å². The van der Waals surface area contributed by atoms with Gasteiger partial charge in [-0.1, -0.05) is 0 Å². The summed E-state index contributed by atoms with van der Waals surface area (Å²) in [6.07, 6.45) is 1.81. The minimum Gasteiger partial charge on any atom is -0.241 e. The van der Waals surface area contributed by atoms with Gasteiger partial charge in [-0.25, -0.2) is 9.37 Å². The van der Waals surface area contributed by atoms with Gasteiger partial charge in [0.2, 0.25) is 0 Å². The Morgan fingerprint density at radius 2 is 2.24 bits per heavy atom. The standard InChI is InChI=1S/C12H10BrClFNS/c13-11-6-8(15)3-4-10(11)12-16-9(7-17-12)2-1-5-14/h3-4,6-7H,1-2,5H2. The van der Waals surface area contributed by atoms with Gasteiger partial charge in [-0.05, 0) is 47.0 Å². The summed E-state index contributed by atoms with van der Waals surface area (Å²) in [4.78, 5) is 4.52. The van der Waals surface area contributed by atoms with Crippen molar-refractivity contribution < 1.29 is 4.39 Å². The van der Waals surface area contributed by atoms with Crippen LogP contribution >= 0.6 is 38.9 Å². The first-order valence-corrected chi connectivity index (χ1v) is 7.37. The molecule has 1 aromatic carbocycles. The van der Waals surface area contributed by atoms with Crippen molar-refractivity contribution in [2.75, 3.05) is 5.88 Å². The third kappa shape index (κ3) is 3.27. The molecule has 2 aromatic rings. The van der Waals surface area contributed by atoms with Gasteiger partial charge in [-0.2, -0.15) is 0 Å². The van der Waals surface area contributed by atoms with Crippen LogP contribution in [0.25, 0.3) is 10.6 Å². The van der Waals surface area contributed by atoms with E-state index in [4.69, 9.17) is 11.6 Å². The summed E-state index contributed by atoms with van der Waals surface area (Å²) < 4.78 is 13.7. The average Bonchev–Trinajstić information content (AvgIpc) is 2.75. The summed E-state index contributed by atoms with van der Waals surface area (Å²) in [5, 5.41) is 2.93. The van der Waals surface area contributed by atoms with Crippen LogP contribution in [0.3, 0.4) is 0 Å². The molecule has 5 heteroatoms. The lowest BCUT2D eigenvalue weighted by Gasteiger charge is -2.00. The monoisotopic (exact) mass is 333 g/mol. The van der Waals surface area contributed by atoms with Crippen LogP contribution in [0.1, 0.15) is 12.1 Å². The Balaban J connectivity index is 2.24. The molecular weight excluding hydrogens is 325 g/mol. The molecule has 0 saturated carbocycles. The molecule has 0 fully saturated rings. The van der Waals surface area contributed by atoms with Crippen LogP contribution < -0.4 is 0 Å². The number of hydrogen-bond donors (Lipinski definition) is 0. The second-order valence-corrected chi connectivity index (χ2v) is 5.65. The highest BCUT2D eigenvalue weighted by Gasteiger charge is 2.08. The highest BCUT2D eigenvalue weighted by Crippen LogP contribution is 2.31. The van der Waals surface area contributed by atoms with E-state index < -0.39 is 0 Å². The zero-order chi connectivity index (χ0) is 12.3. The summed E-state index contributed by atoms with van der Waals surface area (Å²) in [6.45, 7) is 0. The summed E-state index contributed by atoms with van der Waals surface area (Å²) in [5.41, 5.74) is 1.97. The molecule has 0 aliphatic rings. The Morgan fingerprint density at radius 3 is 2.94 bits per heavy atom. The molecule has 0 atom stereocenters. The first kappa shape index (κ1) is 13.0. The molecule has 0 aliphatic heterocycles. The van der Waals surface area contributed by atoms with E-state index in [1.807, 2.05) is 5.38 Å². The van der Waals surface area contributed by atoms with E-state index in [9.17, 15) is 4.39 Å². The predicted molar refractivity (Wildman–Crippen MR) is 74.2 cm³/mol. The zero-order valence-corrected chi connectivity index (χ0v) is 12.1. The van der Waals surface area contributed by atoms with Crippen LogP contribution in [-0.4, -0.2) is 10.9 Å². The molecule has 0 bridgehead atoms. The van der Waals surface area contributed by atoms with Gasteiger partial charge >= 0.3 is 0 Å². The van der Waals surface area contributed by atoms with Crippen molar-refractivity contribution in [3.8, 4) is 10.6 Å². The van der Waals surface area contributed by atoms with E-state index in [1.165, 1.54) is 12.1 Å². The van der Waals surface area contributed by atoms with E-state index in [-0.39, 0.29) is 5.82 Å². The third-order valence-corrected chi connectivity index (χ3v) is 4.13. The fourth-order valence-corrected chi connectivity index (χ4v) is 3.15. The molecular formula is C12H10BrClFNS. The normalized spacial score (nSPS) is 10.8. The van der Waals surface area contributed by atoms with Crippen molar-refractivity contribution in [3.05, 3.63) is 39.6 Å². The molecule has 0 saturated heterocycles. The van der Waals surface area contributed by atoms with Crippen LogP contribution in [0.4, 0.5) is 4.39 Å². The van der Waals surface area contributed by atoms with Crippen LogP contribution in [0.15, 0.2) is 28.1 Å². The number of aryl methyl sites for hydroxylation is 1. The van der Waals surface area contributed by atoms with Crippen molar-refractivity contribution in [2.24, 2.45) is 0 Å². The fraction of sp³-hybridized carbons (Fsp3) is 0.250. The maximum absolute atomic E-state index is 13.0.